The first-order valence-corrected chi connectivity index (χ1v) is 30.7. The lowest BCUT2D eigenvalue weighted by molar-refractivity contribution is 0.456. The molecular formula is C84H90O4. The first-order valence-electron chi connectivity index (χ1n) is 30.7. The number of aryl methyl sites for hydroxylation is 4. The zero-order valence-electron chi connectivity index (χ0n) is 53.0. The summed E-state index contributed by atoms with van der Waals surface area (Å²) in [7, 11) is 0. The van der Waals surface area contributed by atoms with Crippen molar-refractivity contribution in [2.24, 2.45) is 0 Å². The molecule has 6 atom stereocenters. The monoisotopic (exact) mass is 1160 g/mol. The fraction of sp³-hybridized carbons (Fsp3) is 0.190. The Hall–Kier alpha value is -9.64. The number of rotatable bonds is 13. The highest BCUT2D eigenvalue weighted by Crippen LogP contribution is 2.42. The summed E-state index contributed by atoms with van der Waals surface area (Å²) < 4.78 is 0. The van der Waals surface area contributed by atoms with Crippen LogP contribution in [0.5, 0.6) is 23.0 Å². The molecule has 0 heterocycles. The first-order chi connectivity index (χ1) is 42.4. The van der Waals surface area contributed by atoms with Crippen LogP contribution >= 0.6 is 0 Å². The van der Waals surface area contributed by atoms with E-state index >= 15 is 0 Å². The summed E-state index contributed by atoms with van der Waals surface area (Å²) in [4.78, 5) is 0. The zero-order chi connectivity index (χ0) is 63.1. The Morgan fingerprint density at radius 2 is 0.523 bits per heavy atom. The van der Waals surface area contributed by atoms with Gasteiger partial charge in [-0.15, -0.1) is 0 Å². The molecular weight excluding hydrogens is 1070 g/mol. The molecule has 0 spiro atoms. The summed E-state index contributed by atoms with van der Waals surface area (Å²) in [6, 6.07) is 92.1. The van der Waals surface area contributed by atoms with Gasteiger partial charge in [0.05, 0.1) is 0 Å². The maximum absolute atomic E-state index is 11.3. The van der Waals surface area contributed by atoms with Gasteiger partial charge in [-0.05, 0) is 90.4 Å². The third-order valence-electron chi connectivity index (χ3n) is 16.6. The van der Waals surface area contributed by atoms with Crippen LogP contribution in [0.3, 0.4) is 0 Å². The van der Waals surface area contributed by atoms with Crippen molar-refractivity contribution in [2.75, 3.05) is 0 Å². The Kier molecular flexibility index (Phi) is 24.5. The number of aromatic hydroxyl groups is 4. The first kappa shape index (κ1) is 65.9. The van der Waals surface area contributed by atoms with Crippen molar-refractivity contribution in [1.82, 2.24) is 0 Å². The quantitative estimate of drug-likeness (QED) is 0.0927. The predicted molar refractivity (Wildman–Crippen MR) is 374 cm³/mol. The highest BCUT2D eigenvalue weighted by Gasteiger charge is 2.23. The van der Waals surface area contributed by atoms with Crippen molar-refractivity contribution in [1.29, 1.82) is 0 Å². The van der Waals surface area contributed by atoms with Gasteiger partial charge in [0.2, 0.25) is 0 Å². The number of hydrogen-bond acceptors (Lipinski definition) is 4. The van der Waals surface area contributed by atoms with Crippen LogP contribution in [0.1, 0.15) is 173 Å². The summed E-state index contributed by atoms with van der Waals surface area (Å²) >= 11 is 0. The molecule has 0 aliphatic rings. The van der Waals surface area contributed by atoms with Crippen molar-refractivity contribution in [3.63, 3.8) is 0 Å². The van der Waals surface area contributed by atoms with E-state index in [1.807, 2.05) is 135 Å². The van der Waals surface area contributed by atoms with Gasteiger partial charge in [0.25, 0.3) is 0 Å². The van der Waals surface area contributed by atoms with Crippen LogP contribution in [-0.2, 0) is 0 Å². The molecule has 88 heavy (non-hydrogen) atoms. The lowest BCUT2D eigenvalue weighted by Gasteiger charge is -2.22. The van der Waals surface area contributed by atoms with E-state index in [1.54, 1.807) is 18.2 Å². The second-order valence-electron chi connectivity index (χ2n) is 23.1. The maximum atomic E-state index is 11.3. The number of phenols is 4. The minimum Gasteiger partial charge on any atom is -0.508 e. The Balaban J connectivity index is 0.000000194. The number of hydrogen-bond donors (Lipinski definition) is 4. The van der Waals surface area contributed by atoms with Crippen molar-refractivity contribution in [3.05, 3.63) is 374 Å². The molecule has 0 amide bonds. The molecule has 4 nitrogen and oxygen atoms in total. The Bertz CT molecular complexity index is 3770. The highest BCUT2D eigenvalue weighted by molar-refractivity contribution is 5.54. The van der Waals surface area contributed by atoms with E-state index < -0.39 is 0 Å². The van der Waals surface area contributed by atoms with Crippen LogP contribution in [0.2, 0.25) is 0 Å². The van der Waals surface area contributed by atoms with Crippen LogP contribution < -0.4 is 0 Å². The fourth-order valence-electron chi connectivity index (χ4n) is 11.0. The van der Waals surface area contributed by atoms with E-state index in [0.717, 1.165) is 27.8 Å². The Morgan fingerprint density at radius 1 is 0.273 bits per heavy atom. The summed E-state index contributed by atoms with van der Waals surface area (Å²) in [5.41, 5.74) is 19.6. The molecule has 11 rings (SSSR count). The van der Waals surface area contributed by atoms with Gasteiger partial charge < -0.3 is 20.4 Å². The lowest BCUT2D eigenvalue weighted by atomic mass is 9.84. The minimum atomic E-state index is 0. The highest BCUT2D eigenvalue weighted by atomic mass is 16.3. The minimum absolute atomic E-state index is 0. The summed E-state index contributed by atoms with van der Waals surface area (Å²) in [5, 5.41) is 40.9. The molecule has 0 aromatic heterocycles. The van der Waals surface area contributed by atoms with Crippen molar-refractivity contribution >= 4 is 6.08 Å². The molecule has 0 saturated heterocycles. The molecule has 0 aliphatic carbocycles. The van der Waals surface area contributed by atoms with Gasteiger partial charge in [-0.2, -0.15) is 0 Å². The maximum Gasteiger partial charge on any atom is 0.123 e. The topological polar surface area (TPSA) is 80.9 Å². The fourth-order valence-corrected chi connectivity index (χ4v) is 11.0. The van der Waals surface area contributed by atoms with Gasteiger partial charge in [-0.25, -0.2) is 0 Å². The molecule has 4 heteroatoms. The summed E-state index contributed by atoms with van der Waals surface area (Å²) in [6.45, 7) is 24.9. The zero-order valence-corrected chi connectivity index (χ0v) is 53.0. The van der Waals surface area contributed by atoms with Crippen LogP contribution in [0.25, 0.3) is 6.08 Å². The standard InChI is InChI=1S/C31H32O.C23H24O.C15H16O.C8H8.C7H8O.H2/c1-21-19-29(23(3)26-13-9-6-10-14-26)31(32)30(20-21)24(4)28-17-15-27(16-18-28)22(2)25-11-7-5-8-12-25;1-16-14-21(17(2)19-10-6-4-7-11-19)23(24)22(15-16)18(3)20-12-8-5-9-13-20;1-11-8-9-15(16)14(10-11)12(2)13-6-4-3-5-7-13;1-2-8-6-4-3-5-7-8;1-6-2-4-7(8)5-3-6;/h5-20,22-24,32H,1-4H3;4-15,17-18,24H,1-3H3;3-10,12,16H,1-2H3;2-7H,1H2;2-5,8H,1H3;1H/i;;;;;1+1. The van der Waals surface area contributed by atoms with Crippen molar-refractivity contribution in [2.45, 2.75) is 105 Å². The van der Waals surface area contributed by atoms with E-state index in [1.165, 1.54) is 66.8 Å². The van der Waals surface area contributed by atoms with E-state index in [9.17, 15) is 15.3 Å². The molecule has 11 aromatic carbocycles. The molecule has 4 N–H and O–H groups in total. The molecule has 0 aliphatic heterocycles. The average Bonchev–Trinajstić information content (AvgIpc) is 2.56. The SMILES string of the molecule is C=Cc1ccccc1.Cc1cc(C(C)c2ccccc2)c(O)c(C(C)c2ccc(C(C)c3ccccc3)cc2)c1.Cc1cc(C(C)c2ccccc2)c(O)c(C(C)c2ccccc2)c1.Cc1ccc(O)c(C(C)c2ccccc2)c1.Cc1ccc(O)cc1.[2HH]. The molecule has 11 aromatic rings. The smallest absolute Gasteiger partial charge is 0.123 e. The largest absolute Gasteiger partial charge is 0.508 e. The van der Waals surface area contributed by atoms with Crippen LogP contribution in [0.15, 0.2) is 280 Å². The van der Waals surface area contributed by atoms with Gasteiger partial charge in [0.15, 0.2) is 0 Å². The van der Waals surface area contributed by atoms with E-state index in [0.29, 0.717) is 28.9 Å². The van der Waals surface area contributed by atoms with Crippen LogP contribution in [-0.4, -0.2) is 20.4 Å². The molecule has 0 bridgehead atoms. The van der Waals surface area contributed by atoms with Gasteiger partial charge in [0, 0.05) is 64.8 Å². The molecule has 0 saturated carbocycles. The Morgan fingerprint density at radius 3 is 0.818 bits per heavy atom. The molecule has 6 unspecified atom stereocenters. The lowest BCUT2D eigenvalue weighted by Crippen LogP contribution is -2.04. The van der Waals surface area contributed by atoms with E-state index in [2.05, 4.69) is 201 Å². The molecule has 0 fully saturated rings. The third kappa shape index (κ3) is 18.4. The van der Waals surface area contributed by atoms with Gasteiger partial charge in [-0.3, -0.25) is 0 Å². The van der Waals surface area contributed by atoms with Crippen LogP contribution in [0.4, 0.5) is 0 Å². The summed E-state index contributed by atoms with van der Waals surface area (Å²) in [6.07, 6.45) is 1.83. The van der Waals surface area contributed by atoms with E-state index in [4.69, 9.17) is 5.11 Å². The number of phenolic OH excluding ortho intramolecular Hbond substituents is 4. The second kappa shape index (κ2) is 32.7. The molecule has 450 valence electrons. The second-order valence-corrected chi connectivity index (χ2v) is 23.1. The van der Waals surface area contributed by atoms with Gasteiger partial charge in [-0.1, -0.05) is 331 Å². The number of benzene rings is 11. The Labute approximate surface area is 527 Å². The molecule has 0 radical (unpaired) electrons. The van der Waals surface area contributed by atoms with Gasteiger partial charge >= 0.3 is 0 Å². The predicted octanol–water partition coefficient (Wildman–Crippen LogP) is 22.3. The van der Waals surface area contributed by atoms with E-state index in [-0.39, 0.29) is 31.0 Å². The summed E-state index contributed by atoms with van der Waals surface area (Å²) in [5.74, 6) is 2.69. The van der Waals surface area contributed by atoms with Crippen LogP contribution in [0, 0.1) is 27.7 Å². The normalized spacial score (nSPS) is 12.6. The third-order valence-corrected chi connectivity index (χ3v) is 16.6. The van der Waals surface area contributed by atoms with Crippen molar-refractivity contribution in [3.8, 4) is 23.0 Å². The van der Waals surface area contributed by atoms with Crippen molar-refractivity contribution < 1.29 is 21.9 Å². The average molecular weight is 1160 g/mol. The van der Waals surface area contributed by atoms with Gasteiger partial charge in [0.1, 0.15) is 23.0 Å².